The van der Waals surface area contributed by atoms with E-state index in [1.807, 2.05) is 24.3 Å². The molecule has 3 aromatic heterocycles. The first-order chi connectivity index (χ1) is 13.0. The van der Waals surface area contributed by atoms with Gasteiger partial charge in [0.1, 0.15) is 18.5 Å². The molecule has 4 aromatic rings. The smallest absolute Gasteiger partial charge is 0.365 e. The lowest BCUT2D eigenvalue weighted by Crippen LogP contribution is -2.13. The first-order valence-electron chi connectivity index (χ1n) is 7.93. The molecule has 0 aliphatic heterocycles. The first kappa shape index (κ1) is 16.9. The van der Waals surface area contributed by atoms with Gasteiger partial charge in [-0.1, -0.05) is 24.3 Å². The van der Waals surface area contributed by atoms with Crippen LogP contribution in [0.1, 0.15) is 17.0 Å². The first-order valence-corrected chi connectivity index (χ1v) is 7.93. The van der Waals surface area contributed by atoms with Crippen LogP contribution in [0.5, 0.6) is 0 Å². The Labute approximate surface area is 150 Å². The van der Waals surface area contributed by atoms with Crippen LogP contribution >= 0.6 is 0 Å². The summed E-state index contributed by atoms with van der Waals surface area (Å²) in [7, 11) is 0. The molecular weight excluding hydrogens is 361 g/mol. The summed E-state index contributed by atoms with van der Waals surface area (Å²) in [5.41, 5.74) is 2.05. The van der Waals surface area contributed by atoms with Gasteiger partial charge in [0.05, 0.1) is 6.54 Å². The van der Waals surface area contributed by atoms with Gasteiger partial charge in [-0.25, -0.2) is 9.67 Å². The summed E-state index contributed by atoms with van der Waals surface area (Å²) in [5, 5.41) is 17.6. The molecule has 0 aliphatic carbocycles. The zero-order valence-corrected chi connectivity index (χ0v) is 13.8. The minimum atomic E-state index is -4.62. The quantitative estimate of drug-likeness (QED) is 0.577. The van der Waals surface area contributed by atoms with Crippen molar-refractivity contribution >= 4 is 11.5 Å². The highest BCUT2D eigenvalue weighted by Gasteiger charge is 2.37. The summed E-state index contributed by atoms with van der Waals surface area (Å²) in [6.07, 6.45) is -1.51. The number of alkyl halides is 3. The monoisotopic (exact) mass is 374 g/mol. The Hall–Kier alpha value is -3.50. The maximum atomic E-state index is 12.9. The van der Waals surface area contributed by atoms with Crippen LogP contribution in [-0.4, -0.2) is 34.6 Å². The number of nitrogens with one attached hydrogen (secondary N) is 1. The average Bonchev–Trinajstić information content (AvgIpc) is 3.29. The van der Waals surface area contributed by atoms with Crippen LogP contribution in [0.2, 0.25) is 0 Å². The second-order valence-corrected chi connectivity index (χ2v) is 5.77. The molecule has 0 bridgehead atoms. The fourth-order valence-electron chi connectivity index (χ4n) is 2.52. The lowest BCUT2D eigenvalue weighted by Gasteiger charge is -2.08. The van der Waals surface area contributed by atoms with E-state index in [9.17, 15) is 13.2 Å². The summed E-state index contributed by atoms with van der Waals surface area (Å²) in [5.74, 6) is -0.863. The molecule has 0 radical (unpaired) electrons. The molecule has 0 saturated carbocycles. The zero-order chi connectivity index (χ0) is 18.9. The molecule has 0 aliphatic rings. The van der Waals surface area contributed by atoms with Gasteiger partial charge in [-0.15, -0.1) is 15.3 Å². The molecule has 8 nitrogen and oxygen atoms in total. The van der Waals surface area contributed by atoms with E-state index in [4.69, 9.17) is 0 Å². The van der Waals surface area contributed by atoms with Gasteiger partial charge < -0.3 is 5.32 Å². The predicted octanol–water partition coefficient (Wildman–Crippen LogP) is 2.39. The van der Waals surface area contributed by atoms with Crippen molar-refractivity contribution < 1.29 is 13.2 Å². The Kier molecular flexibility index (Phi) is 4.18. The maximum Gasteiger partial charge on any atom is 0.453 e. The number of rotatable bonds is 5. The summed E-state index contributed by atoms with van der Waals surface area (Å²) in [6, 6.07) is 10.8. The number of anilines is 1. The molecule has 11 heteroatoms. The molecule has 0 atom stereocenters. The summed E-state index contributed by atoms with van der Waals surface area (Å²) < 4.78 is 41.1. The summed E-state index contributed by atoms with van der Waals surface area (Å²) in [6.45, 7) is 1.02. The normalized spacial score (nSPS) is 11.8. The highest BCUT2D eigenvalue weighted by molar-refractivity contribution is 5.44. The molecule has 0 fully saturated rings. The topological polar surface area (TPSA) is 85.8 Å². The van der Waals surface area contributed by atoms with Crippen molar-refractivity contribution in [3.8, 4) is 0 Å². The third-order valence-electron chi connectivity index (χ3n) is 3.82. The Balaban J connectivity index is 1.45. The molecule has 0 saturated heterocycles. The van der Waals surface area contributed by atoms with E-state index in [1.165, 1.54) is 12.4 Å². The van der Waals surface area contributed by atoms with Crippen molar-refractivity contribution in [2.45, 2.75) is 19.3 Å². The van der Waals surface area contributed by atoms with E-state index < -0.39 is 12.0 Å². The SMILES string of the molecule is FC(F)(F)c1nnc2ccc(NCc3ccc(Cn4cncn4)cc3)nn12. The highest BCUT2D eigenvalue weighted by Crippen LogP contribution is 2.27. The van der Waals surface area contributed by atoms with Gasteiger partial charge in [-0.05, 0) is 23.3 Å². The minimum absolute atomic E-state index is 0.0327. The van der Waals surface area contributed by atoms with E-state index in [2.05, 4.69) is 30.7 Å². The fourth-order valence-corrected chi connectivity index (χ4v) is 2.52. The predicted molar refractivity (Wildman–Crippen MR) is 88.7 cm³/mol. The molecule has 0 amide bonds. The third-order valence-corrected chi connectivity index (χ3v) is 3.82. The Morgan fingerprint density at radius 3 is 2.44 bits per heavy atom. The van der Waals surface area contributed by atoms with Crippen molar-refractivity contribution in [3.63, 3.8) is 0 Å². The van der Waals surface area contributed by atoms with Gasteiger partial charge >= 0.3 is 6.18 Å². The van der Waals surface area contributed by atoms with E-state index in [1.54, 1.807) is 17.1 Å². The molecule has 0 spiro atoms. The van der Waals surface area contributed by atoms with Gasteiger partial charge in [0.2, 0.25) is 0 Å². The zero-order valence-electron chi connectivity index (χ0n) is 13.8. The molecule has 138 valence electrons. The van der Waals surface area contributed by atoms with Crippen LogP contribution in [0.25, 0.3) is 5.65 Å². The van der Waals surface area contributed by atoms with Gasteiger partial charge in [0, 0.05) is 6.54 Å². The number of hydrogen-bond acceptors (Lipinski definition) is 6. The highest BCUT2D eigenvalue weighted by atomic mass is 19.4. The number of halogens is 3. The lowest BCUT2D eigenvalue weighted by atomic mass is 10.1. The fraction of sp³-hybridized carbons (Fsp3) is 0.188. The summed E-state index contributed by atoms with van der Waals surface area (Å²) in [4.78, 5) is 3.89. The number of fused-ring (bicyclic) bond motifs is 1. The van der Waals surface area contributed by atoms with Crippen LogP contribution in [0.15, 0.2) is 49.1 Å². The van der Waals surface area contributed by atoms with Crippen molar-refractivity contribution in [2.24, 2.45) is 0 Å². The van der Waals surface area contributed by atoms with E-state index in [0.29, 0.717) is 23.4 Å². The van der Waals surface area contributed by atoms with Crippen LogP contribution < -0.4 is 5.32 Å². The molecule has 27 heavy (non-hydrogen) atoms. The van der Waals surface area contributed by atoms with Crippen LogP contribution in [0.3, 0.4) is 0 Å². The van der Waals surface area contributed by atoms with Crippen molar-refractivity contribution in [1.29, 1.82) is 0 Å². The van der Waals surface area contributed by atoms with E-state index >= 15 is 0 Å². The largest absolute Gasteiger partial charge is 0.453 e. The van der Waals surface area contributed by atoms with E-state index in [-0.39, 0.29) is 5.65 Å². The number of hydrogen-bond donors (Lipinski definition) is 1. The van der Waals surface area contributed by atoms with Crippen LogP contribution in [0.4, 0.5) is 19.0 Å². The standard InChI is InChI=1S/C16H13F3N8/c17-16(18,19)15-24-23-14-6-5-13(25-27(14)15)21-7-11-1-3-12(4-2-11)8-26-10-20-9-22-26/h1-6,9-10H,7-8H2,(H,21,25). The van der Waals surface area contributed by atoms with E-state index in [0.717, 1.165) is 11.1 Å². The number of aromatic nitrogens is 7. The molecule has 0 unspecified atom stereocenters. The van der Waals surface area contributed by atoms with Gasteiger partial charge in [-0.3, -0.25) is 0 Å². The van der Waals surface area contributed by atoms with Crippen LogP contribution in [0, 0.1) is 0 Å². The van der Waals surface area contributed by atoms with Crippen molar-refractivity contribution in [3.05, 3.63) is 66.0 Å². The summed E-state index contributed by atoms with van der Waals surface area (Å²) >= 11 is 0. The van der Waals surface area contributed by atoms with Crippen molar-refractivity contribution in [1.82, 2.24) is 34.6 Å². The third kappa shape index (κ3) is 3.71. The number of nitrogens with zero attached hydrogens (tertiary/aromatic N) is 7. The molecule has 4 rings (SSSR count). The van der Waals surface area contributed by atoms with Crippen LogP contribution in [-0.2, 0) is 19.3 Å². The number of benzene rings is 1. The maximum absolute atomic E-state index is 12.9. The molecule has 3 heterocycles. The Morgan fingerprint density at radius 2 is 1.74 bits per heavy atom. The second-order valence-electron chi connectivity index (χ2n) is 5.77. The van der Waals surface area contributed by atoms with Gasteiger partial charge in [-0.2, -0.15) is 22.8 Å². The molecular formula is C16H13F3N8. The second kappa shape index (κ2) is 6.67. The van der Waals surface area contributed by atoms with Gasteiger partial charge in [0.15, 0.2) is 5.65 Å². The molecule has 1 N–H and O–H groups in total. The lowest BCUT2D eigenvalue weighted by molar-refractivity contribution is -0.146. The average molecular weight is 374 g/mol. The minimum Gasteiger partial charge on any atom is -0.365 e. The molecule has 1 aromatic carbocycles. The Morgan fingerprint density at radius 1 is 0.963 bits per heavy atom. The van der Waals surface area contributed by atoms with Crippen molar-refractivity contribution in [2.75, 3.05) is 5.32 Å². The van der Waals surface area contributed by atoms with Gasteiger partial charge in [0.25, 0.3) is 5.82 Å². The Bertz CT molecular complexity index is 1040.